The number of carbonyl (C=O) groups excluding carboxylic acids is 2. The summed E-state index contributed by atoms with van der Waals surface area (Å²) in [4.78, 5) is 37.9. The average molecular weight is 350 g/mol. The van der Waals surface area contributed by atoms with Gasteiger partial charge in [0.2, 0.25) is 11.7 Å². The van der Waals surface area contributed by atoms with Crippen LogP contribution in [0.1, 0.15) is 26.3 Å². The van der Waals surface area contributed by atoms with Crippen molar-refractivity contribution in [2.24, 2.45) is 5.73 Å². The Kier molecular flexibility index (Phi) is 4.98. The first-order chi connectivity index (χ1) is 11.5. The number of rotatable bonds is 3. The van der Waals surface area contributed by atoms with E-state index in [9.17, 15) is 19.7 Å². The summed E-state index contributed by atoms with van der Waals surface area (Å²) in [5.74, 6) is -0.390. The predicted octanol–water partition coefficient (Wildman–Crippen LogP) is 1.63. The van der Waals surface area contributed by atoms with E-state index in [-0.39, 0.29) is 23.9 Å². The molecule has 2 N–H and O–H groups in total. The summed E-state index contributed by atoms with van der Waals surface area (Å²) in [6.45, 7) is 6.76. The Morgan fingerprint density at radius 3 is 2.44 bits per heavy atom. The number of nitrogens with zero attached hydrogens (tertiary/aromatic N) is 3. The number of nitrogens with two attached hydrogens (primary N) is 1. The number of likely N-dealkylation sites (N-methyl/N-ethyl adjacent to an activating group) is 1. The van der Waals surface area contributed by atoms with E-state index in [4.69, 9.17) is 10.5 Å². The van der Waals surface area contributed by atoms with Crippen LogP contribution in [0.5, 0.6) is 5.75 Å². The number of hydrogen-bond acceptors (Lipinski definition) is 6. The van der Waals surface area contributed by atoms with Gasteiger partial charge in [-0.2, -0.15) is 0 Å². The molecule has 25 heavy (non-hydrogen) atoms. The van der Waals surface area contributed by atoms with E-state index in [0.717, 1.165) is 0 Å². The van der Waals surface area contributed by atoms with Gasteiger partial charge in [-0.1, -0.05) is 20.8 Å². The predicted molar refractivity (Wildman–Crippen MR) is 91.9 cm³/mol. The molecule has 9 nitrogen and oxygen atoms in total. The van der Waals surface area contributed by atoms with Crippen LogP contribution in [0, 0.1) is 10.1 Å². The quantitative estimate of drug-likeness (QED) is 0.653. The molecule has 1 saturated heterocycles. The second kappa shape index (κ2) is 6.67. The lowest BCUT2D eigenvalue weighted by Gasteiger charge is -2.33. The highest BCUT2D eigenvalue weighted by molar-refractivity contribution is 5.96. The first-order valence-corrected chi connectivity index (χ1v) is 7.80. The van der Waals surface area contributed by atoms with Gasteiger partial charge >= 0.3 is 11.8 Å². The Labute approximate surface area is 145 Å². The van der Waals surface area contributed by atoms with Crippen molar-refractivity contribution in [2.75, 3.05) is 31.6 Å². The molecule has 1 aromatic rings. The minimum absolute atomic E-state index is 0.132. The number of ether oxygens (including phenoxy) is 1. The Bertz CT molecular complexity index is 726. The second-order valence-corrected chi connectivity index (χ2v) is 7.05. The van der Waals surface area contributed by atoms with Crippen LogP contribution in [0.15, 0.2) is 12.1 Å². The van der Waals surface area contributed by atoms with Crippen LogP contribution in [0.25, 0.3) is 0 Å². The third-order valence-corrected chi connectivity index (χ3v) is 3.98. The Hall–Kier alpha value is -2.68. The van der Waals surface area contributed by atoms with Crippen molar-refractivity contribution < 1.29 is 19.2 Å². The van der Waals surface area contributed by atoms with Gasteiger partial charge in [-0.25, -0.2) is 4.79 Å². The number of anilines is 1. The van der Waals surface area contributed by atoms with Crippen molar-refractivity contribution >= 4 is 23.4 Å². The van der Waals surface area contributed by atoms with Crippen LogP contribution in [0.2, 0.25) is 0 Å². The second-order valence-electron chi connectivity index (χ2n) is 7.05. The zero-order chi connectivity index (χ0) is 18.9. The molecule has 2 rings (SSSR count). The fourth-order valence-electron chi connectivity index (χ4n) is 2.76. The van der Waals surface area contributed by atoms with Gasteiger partial charge in [0.25, 0.3) is 0 Å². The van der Waals surface area contributed by atoms with Gasteiger partial charge in [0.15, 0.2) is 0 Å². The minimum Gasteiger partial charge on any atom is -0.403 e. The first-order valence-electron chi connectivity index (χ1n) is 7.80. The maximum atomic E-state index is 12.3. The van der Waals surface area contributed by atoms with Gasteiger partial charge in [-0.05, 0) is 18.5 Å². The van der Waals surface area contributed by atoms with Crippen molar-refractivity contribution in [1.82, 2.24) is 4.90 Å². The van der Waals surface area contributed by atoms with Gasteiger partial charge in [0.1, 0.15) is 0 Å². The topological polar surface area (TPSA) is 119 Å². The van der Waals surface area contributed by atoms with E-state index in [2.05, 4.69) is 0 Å². The van der Waals surface area contributed by atoms with Gasteiger partial charge < -0.3 is 15.4 Å². The molecule has 0 bridgehead atoms. The van der Waals surface area contributed by atoms with E-state index in [1.807, 2.05) is 11.9 Å². The van der Waals surface area contributed by atoms with Gasteiger partial charge in [-0.15, -0.1) is 0 Å². The largest absolute Gasteiger partial charge is 0.410 e. The number of nitro benzene ring substituents is 1. The van der Waals surface area contributed by atoms with Gasteiger partial charge in [0.05, 0.1) is 11.5 Å². The molecule has 1 aliphatic rings. The van der Waals surface area contributed by atoms with Crippen molar-refractivity contribution in [3.8, 4) is 5.75 Å². The van der Waals surface area contributed by atoms with E-state index < -0.39 is 16.4 Å². The third-order valence-electron chi connectivity index (χ3n) is 3.98. The lowest BCUT2D eigenvalue weighted by atomic mass is 9.85. The lowest BCUT2D eigenvalue weighted by Crippen LogP contribution is -2.49. The molecule has 2 amide bonds. The highest BCUT2D eigenvalue weighted by Gasteiger charge is 2.33. The number of nitro groups is 1. The molecule has 0 radical (unpaired) electrons. The van der Waals surface area contributed by atoms with Crippen molar-refractivity contribution in [3.05, 3.63) is 27.8 Å². The van der Waals surface area contributed by atoms with Crippen molar-refractivity contribution in [3.63, 3.8) is 0 Å². The number of benzene rings is 1. The molecule has 1 heterocycles. The van der Waals surface area contributed by atoms with E-state index in [1.165, 1.54) is 11.0 Å². The summed E-state index contributed by atoms with van der Waals surface area (Å²) in [6, 6.07) is 2.93. The first kappa shape index (κ1) is 18.7. The molecular weight excluding hydrogens is 328 g/mol. The monoisotopic (exact) mass is 350 g/mol. The summed E-state index contributed by atoms with van der Waals surface area (Å²) in [5.41, 5.74) is 4.93. The smallest absolute Gasteiger partial charge is 0.403 e. The maximum Gasteiger partial charge on any atom is 0.410 e. The van der Waals surface area contributed by atoms with Gasteiger partial charge in [0, 0.05) is 30.4 Å². The molecule has 1 fully saturated rings. The Morgan fingerprint density at radius 2 is 1.96 bits per heavy atom. The molecule has 0 saturated carbocycles. The van der Waals surface area contributed by atoms with Crippen LogP contribution in [0.4, 0.5) is 16.2 Å². The summed E-state index contributed by atoms with van der Waals surface area (Å²) in [6.07, 6.45) is -1.15. The summed E-state index contributed by atoms with van der Waals surface area (Å²) in [7, 11) is 1.84. The maximum absolute atomic E-state index is 12.3. The van der Waals surface area contributed by atoms with E-state index in [1.54, 1.807) is 26.8 Å². The Morgan fingerprint density at radius 1 is 1.32 bits per heavy atom. The number of carbonyl (C=O) groups is 2. The standard InChI is InChI=1S/C16H22N4O5/c1-16(2,3)11-7-10(19-6-5-18(4)9-13(19)21)8-12(25-15(17)22)14(11)20(23)24/h7-8H,5-6,9H2,1-4H3,(H2,17,22). The molecule has 1 aliphatic heterocycles. The highest BCUT2D eigenvalue weighted by Crippen LogP contribution is 2.42. The molecule has 0 aliphatic carbocycles. The molecule has 0 atom stereocenters. The fraction of sp³-hybridized carbons (Fsp3) is 0.500. The highest BCUT2D eigenvalue weighted by atomic mass is 16.6. The molecule has 0 unspecified atom stereocenters. The number of primary amides is 1. The van der Waals surface area contributed by atoms with Crippen molar-refractivity contribution in [1.29, 1.82) is 0 Å². The number of piperazine rings is 1. The fourth-order valence-corrected chi connectivity index (χ4v) is 2.76. The van der Waals surface area contributed by atoms with Crippen LogP contribution in [0.3, 0.4) is 0 Å². The van der Waals surface area contributed by atoms with Crippen LogP contribution in [-0.2, 0) is 10.2 Å². The molecule has 0 aromatic heterocycles. The molecular formula is C16H22N4O5. The number of hydrogen-bond donors (Lipinski definition) is 1. The molecule has 0 spiro atoms. The van der Waals surface area contributed by atoms with Crippen LogP contribution in [-0.4, -0.2) is 48.5 Å². The molecule has 1 aromatic carbocycles. The molecule has 136 valence electrons. The third kappa shape index (κ3) is 4.05. The van der Waals surface area contributed by atoms with Crippen LogP contribution < -0.4 is 15.4 Å². The lowest BCUT2D eigenvalue weighted by molar-refractivity contribution is -0.386. The molecule has 9 heteroatoms. The Balaban J connectivity index is 2.64. The minimum atomic E-state index is -1.15. The summed E-state index contributed by atoms with van der Waals surface area (Å²) in [5, 5.41) is 11.6. The SMILES string of the molecule is CN1CCN(c2cc(OC(N)=O)c([N+](=O)[O-])c(C(C)(C)C)c2)C(=O)C1. The van der Waals surface area contributed by atoms with E-state index in [0.29, 0.717) is 24.3 Å². The normalized spacial score (nSPS) is 16.0. The van der Waals surface area contributed by atoms with E-state index >= 15 is 0 Å². The van der Waals surface area contributed by atoms with Crippen LogP contribution >= 0.6 is 0 Å². The van der Waals surface area contributed by atoms with Crippen molar-refractivity contribution in [2.45, 2.75) is 26.2 Å². The summed E-state index contributed by atoms with van der Waals surface area (Å²) < 4.78 is 4.88. The zero-order valence-corrected chi connectivity index (χ0v) is 14.7. The average Bonchev–Trinajstić information content (AvgIpc) is 2.44. The number of amides is 2. The zero-order valence-electron chi connectivity index (χ0n) is 14.7. The summed E-state index contributed by atoms with van der Waals surface area (Å²) >= 11 is 0. The van der Waals surface area contributed by atoms with Gasteiger partial charge in [-0.3, -0.25) is 19.8 Å².